The monoisotopic (exact) mass is 716 g/mol. The maximum Gasteiger partial charge on any atom is 0.252 e. The third kappa shape index (κ3) is 3.76. The fourth-order valence-corrected chi connectivity index (χ4v) is 13.5. The Morgan fingerprint density at radius 2 is 1.43 bits per heavy atom. The van der Waals surface area contributed by atoms with Crippen LogP contribution in [-0.4, -0.2) is 13.0 Å². The molecule has 4 unspecified atom stereocenters. The molecule has 0 radical (unpaired) electrons. The zero-order valence-corrected chi connectivity index (χ0v) is 32.8. The van der Waals surface area contributed by atoms with E-state index in [4.69, 9.17) is 0 Å². The number of nitrogens with zero attached hydrogens (tertiary/aromatic N) is 2. The highest BCUT2D eigenvalue weighted by Gasteiger charge is 2.82. The van der Waals surface area contributed by atoms with Crippen LogP contribution in [0.1, 0.15) is 65.5 Å². The molecule has 4 atom stereocenters. The van der Waals surface area contributed by atoms with Gasteiger partial charge in [-0.05, 0) is 157 Å². The molecule has 4 aliphatic carbocycles. The number of aryl methyl sites for hydroxylation is 4. The van der Waals surface area contributed by atoms with Gasteiger partial charge in [0.25, 0.3) is 6.71 Å². The van der Waals surface area contributed by atoms with Crippen LogP contribution in [0.4, 0.5) is 34.1 Å². The molecule has 54 heavy (non-hydrogen) atoms. The van der Waals surface area contributed by atoms with Gasteiger partial charge in [-0.2, -0.15) is 0 Å². The molecule has 6 aromatic carbocycles. The third-order valence-electron chi connectivity index (χ3n) is 14.9. The number of benzene rings is 6. The molecule has 6 aliphatic rings. The van der Waals surface area contributed by atoms with Crippen LogP contribution >= 0.6 is 11.8 Å². The molecule has 0 aromatic heterocycles. The average Bonchev–Trinajstić information content (AvgIpc) is 3.39. The van der Waals surface area contributed by atoms with E-state index in [1.807, 2.05) is 11.8 Å². The van der Waals surface area contributed by atoms with Crippen molar-refractivity contribution in [3.05, 3.63) is 143 Å². The average molecular weight is 717 g/mol. The largest absolute Gasteiger partial charge is 0.311 e. The molecule has 0 amide bonds. The minimum absolute atomic E-state index is 0.132. The van der Waals surface area contributed by atoms with Crippen LogP contribution < -0.4 is 26.2 Å². The van der Waals surface area contributed by atoms with Crippen LogP contribution in [0, 0.1) is 44.9 Å². The highest BCUT2D eigenvalue weighted by Crippen LogP contribution is 2.87. The molecule has 2 spiro atoms. The lowest BCUT2D eigenvalue weighted by Crippen LogP contribution is -2.61. The maximum absolute atomic E-state index is 2.71. The Morgan fingerprint density at radius 1 is 0.685 bits per heavy atom. The fraction of sp³-hybridized carbons (Fsp3) is 0.280. The first-order valence-corrected chi connectivity index (χ1v) is 21.4. The van der Waals surface area contributed by atoms with Crippen LogP contribution in [0.5, 0.6) is 0 Å². The van der Waals surface area contributed by atoms with Crippen LogP contribution in [0.15, 0.2) is 114 Å². The molecular formula is C50H45BN2S. The first-order valence-electron chi connectivity index (χ1n) is 20.2. The van der Waals surface area contributed by atoms with Gasteiger partial charge in [-0.15, -0.1) is 11.8 Å². The van der Waals surface area contributed by atoms with Crippen molar-refractivity contribution < 1.29 is 0 Å². The second kappa shape index (κ2) is 10.8. The lowest BCUT2D eigenvalue weighted by Gasteiger charge is -2.45. The Hall–Kier alpha value is -4.67. The highest BCUT2D eigenvalue weighted by atomic mass is 32.2. The summed E-state index contributed by atoms with van der Waals surface area (Å²) in [6.07, 6.45) is 9.27. The molecule has 0 saturated heterocycles. The second-order valence-electron chi connectivity index (χ2n) is 17.6. The summed E-state index contributed by atoms with van der Waals surface area (Å²) in [7, 11) is 0. The van der Waals surface area contributed by atoms with Gasteiger partial charge in [-0.3, -0.25) is 0 Å². The van der Waals surface area contributed by atoms with Crippen molar-refractivity contribution in [1.29, 1.82) is 0 Å². The van der Waals surface area contributed by atoms with E-state index >= 15 is 0 Å². The summed E-state index contributed by atoms with van der Waals surface area (Å²) in [5.74, 6) is 1.69. The topological polar surface area (TPSA) is 6.48 Å². The van der Waals surface area contributed by atoms with Crippen LogP contribution in [0.3, 0.4) is 0 Å². The third-order valence-corrected chi connectivity index (χ3v) is 15.6. The molecule has 6 aromatic rings. The van der Waals surface area contributed by atoms with Gasteiger partial charge < -0.3 is 9.80 Å². The van der Waals surface area contributed by atoms with Crippen LogP contribution in [0.25, 0.3) is 11.1 Å². The number of fused-ring (bicyclic) bond motifs is 11. The Kier molecular flexibility index (Phi) is 6.31. The van der Waals surface area contributed by atoms with Crippen molar-refractivity contribution in [3.63, 3.8) is 0 Å². The minimum atomic E-state index is 0.132. The van der Waals surface area contributed by atoms with E-state index in [1.54, 1.807) is 11.1 Å². The van der Waals surface area contributed by atoms with Gasteiger partial charge in [-0.25, -0.2) is 0 Å². The molecule has 12 rings (SSSR count). The fourth-order valence-electron chi connectivity index (χ4n) is 13.0. The van der Waals surface area contributed by atoms with Gasteiger partial charge in [-0.1, -0.05) is 90.7 Å². The van der Waals surface area contributed by atoms with E-state index in [1.165, 1.54) is 121 Å². The lowest BCUT2D eigenvalue weighted by atomic mass is 9.33. The predicted octanol–water partition coefficient (Wildman–Crippen LogP) is 11.2. The quantitative estimate of drug-likeness (QED) is 0.133. The zero-order chi connectivity index (χ0) is 36.2. The van der Waals surface area contributed by atoms with Gasteiger partial charge in [0.1, 0.15) is 0 Å². The summed E-state index contributed by atoms with van der Waals surface area (Å²) in [5.41, 5.74) is 24.2. The van der Waals surface area contributed by atoms with Gasteiger partial charge in [0.15, 0.2) is 0 Å². The summed E-state index contributed by atoms with van der Waals surface area (Å²) in [6.45, 7) is 9.25. The van der Waals surface area contributed by atoms with E-state index in [0.717, 1.165) is 11.8 Å². The number of thioether (sulfide) groups is 1. The summed E-state index contributed by atoms with van der Waals surface area (Å²) >= 11 is 1.85. The molecule has 4 heteroatoms. The van der Waals surface area contributed by atoms with Crippen molar-refractivity contribution in [3.8, 4) is 11.1 Å². The van der Waals surface area contributed by atoms with E-state index in [2.05, 4.69) is 153 Å². The molecule has 2 nitrogen and oxygen atoms in total. The lowest BCUT2D eigenvalue weighted by molar-refractivity contribution is 0.262. The number of rotatable bonds is 3. The van der Waals surface area contributed by atoms with E-state index < -0.39 is 0 Å². The Balaban J connectivity index is 1.17. The summed E-state index contributed by atoms with van der Waals surface area (Å²) in [6, 6.07) is 43.1. The van der Waals surface area contributed by atoms with Gasteiger partial charge in [0.05, 0.1) is 5.69 Å². The van der Waals surface area contributed by atoms with Crippen molar-refractivity contribution in [2.45, 2.75) is 70.1 Å². The van der Waals surface area contributed by atoms with E-state index in [-0.39, 0.29) is 12.1 Å². The van der Waals surface area contributed by atoms with Gasteiger partial charge >= 0.3 is 0 Å². The molecule has 2 heterocycles. The Bertz CT molecular complexity index is 2630. The number of hydrogen-bond acceptors (Lipinski definition) is 3. The Morgan fingerprint density at radius 3 is 2.26 bits per heavy atom. The smallest absolute Gasteiger partial charge is 0.252 e. The van der Waals surface area contributed by atoms with Crippen LogP contribution in [0.2, 0.25) is 0 Å². The zero-order valence-electron chi connectivity index (χ0n) is 32.0. The van der Waals surface area contributed by atoms with E-state index in [9.17, 15) is 0 Å². The maximum atomic E-state index is 2.71. The molecule has 3 saturated carbocycles. The first kappa shape index (κ1) is 31.7. The SMILES string of the molecule is CSc1cc2c3c(c1)N(c1ccc(C)c4c1-c1ccccc1C41C4CC5CCCC41C5)c1cc(C)ccc1B3c1cc(C)ccc1N2c1ccc(C)cc1. The highest BCUT2D eigenvalue weighted by molar-refractivity contribution is 7.98. The van der Waals surface area contributed by atoms with Crippen LogP contribution in [-0.2, 0) is 5.41 Å². The van der Waals surface area contributed by atoms with Gasteiger partial charge in [0.2, 0.25) is 0 Å². The minimum Gasteiger partial charge on any atom is -0.311 e. The summed E-state index contributed by atoms with van der Waals surface area (Å²) < 4.78 is 0. The summed E-state index contributed by atoms with van der Waals surface area (Å²) in [5, 5.41) is 0. The van der Waals surface area contributed by atoms with Gasteiger partial charge in [0, 0.05) is 44.3 Å². The standard InChI is InChI=1S/C50H45BN2S/c1-29-12-17-34(18-13-29)52-40-20-15-30(2)23-39(40)51-38-19-14-31(3)24-42(38)53(44-27-35(54-5)26-43(52)48(44)51)41-21-16-32(4)47-46(41)36-10-6-7-11-37(36)50(47)45-25-33-9-8-22-49(45,50)28-33/h6-7,10-21,23-24,26-27,33,45H,8-9,22,25,28H2,1-5H3. The normalized spacial score (nSPS) is 24.5. The predicted molar refractivity (Wildman–Crippen MR) is 230 cm³/mol. The van der Waals surface area contributed by atoms with Crippen molar-refractivity contribution >= 4 is 69.0 Å². The second-order valence-corrected chi connectivity index (χ2v) is 18.4. The van der Waals surface area contributed by atoms with Crippen molar-refractivity contribution in [1.82, 2.24) is 0 Å². The van der Waals surface area contributed by atoms with Crippen molar-refractivity contribution in [2.75, 3.05) is 16.1 Å². The molecule has 2 bridgehead atoms. The van der Waals surface area contributed by atoms with Crippen molar-refractivity contribution in [2.24, 2.45) is 17.3 Å². The molecule has 2 aliphatic heterocycles. The molecule has 0 N–H and O–H groups in total. The number of hydrogen-bond donors (Lipinski definition) is 0. The molecule has 264 valence electrons. The molecule has 3 fully saturated rings. The summed E-state index contributed by atoms with van der Waals surface area (Å²) in [4.78, 5) is 6.55. The van der Waals surface area contributed by atoms with E-state index in [0.29, 0.717) is 5.41 Å². The molecular weight excluding hydrogens is 671 g/mol. The number of anilines is 6. The first-order chi connectivity index (χ1) is 26.3. The Labute approximate surface area is 324 Å².